The van der Waals surface area contributed by atoms with E-state index >= 15 is 0 Å². The number of hydrogen-bond donors (Lipinski definition) is 1. The van der Waals surface area contributed by atoms with E-state index in [1.165, 1.54) is 0 Å². The summed E-state index contributed by atoms with van der Waals surface area (Å²) < 4.78 is 16.2. The van der Waals surface area contributed by atoms with Gasteiger partial charge in [-0.15, -0.1) is 0 Å². The van der Waals surface area contributed by atoms with Gasteiger partial charge in [0.1, 0.15) is 0 Å². The lowest BCUT2D eigenvalue weighted by Gasteiger charge is -2.21. The number of anilines is 1. The minimum absolute atomic E-state index is 0.158. The van der Waals surface area contributed by atoms with Gasteiger partial charge >= 0.3 is 5.97 Å². The zero-order valence-electron chi connectivity index (χ0n) is 17.1. The second-order valence-electron chi connectivity index (χ2n) is 7.74. The van der Waals surface area contributed by atoms with Crippen LogP contribution in [0.1, 0.15) is 41.4 Å². The summed E-state index contributed by atoms with van der Waals surface area (Å²) in [5.74, 6) is 0.286. The van der Waals surface area contributed by atoms with Crippen LogP contribution in [-0.4, -0.2) is 29.8 Å². The number of benzene rings is 2. The molecule has 1 atom stereocenters. The Morgan fingerprint density at radius 1 is 1.06 bits per heavy atom. The molecular formula is C24H22N2O5. The molecule has 0 unspecified atom stereocenters. The van der Waals surface area contributed by atoms with Crippen LogP contribution in [0.15, 0.2) is 42.5 Å². The maximum atomic E-state index is 13.2. The number of carbonyl (C=O) groups is 2. The highest BCUT2D eigenvalue weighted by Crippen LogP contribution is 2.34. The van der Waals surface area contributed by atoms with Gasteiger partial charge in [-0.25, -0.2) is 4.79 Å². The van der Waals surface area contributed by atoms with E-state index < -0.39 is 18.0 Å². The van der Waals surface area contributed by atoms with Gasteiger partial charge in [-0.1, -0.05) is 18.2 Å². The fourth-order valence-corrected chi connectivity index (χ4v) is 4.10. The van der Waals surface area contributed by atoms with Crippen molar-refractivity contribution in [2.45, 2.75) is 38.7 Å². The van der Waals surface area contributed by atoms with Crippen molar-refractivity contribution >= 4 is 28.5 Å². The summed E-state index contributed by atoms with van der Waals surface area (Å²) in [6, 6.07) is 12.7. The standard InChI is InChI=1S/C24H22N2O5/c1-14(23(27)25-15-10-11-20-21(12-15)30-13-29-20)31-24(28)22-16-6-2-4-8-18(16)26-19-9-5-3-7-17(19)22/h2,4,6,8,10-12,14H,3,5,7,9,13H2,1H3,(H,25,27)/t14-/m1/s1. The molecule has 7 heteroatoms. The van der Waals surface area contributed by atoms with Gasteiger partial charge in [-0.3, -0.25) is 9.78 Å². The van der Waals surface area contributed by atoms with Crippen molar-refractivity contribution in [2.75, 3.05) is 12.1 Å². The summed E-state index contributed by atoms with van der Waals surface area (Å²) in [5.41, 5.74) is 3.74. The molecule has 3 aromatic rings. The molecule has 0 saturated carbocycles. The molecule has 0 fully saturated rings. The molecule has 2 aliphatic rings. The van der Waals surface area contributed by atoms with E-state index in [1.54, 1.807) is 25.1 Å². The topological polar surface area (TPSA) is 86.8 Å². The lowest BCUT2D eigenvalue weighted by Crippen LogP contribution is -2.30. The Morgan fingerprint density at radius 3 is 2.77 bits per heavy atom. The second kappa shape index (κ2) is 7.91. The summed E-state index contributed by atoms with van der Waals surface area (Å²) in [5, 5.41) is 3.52. The Hall–Kier alpha value is -3.61. The first-order valence-electron chi connectivity index (χ1n) is 10.4. The highest BCUT2D eigenvalue weighted by Gasteiger charge is 2.26. The lowest BCUT2D eigenvalue weighted by atomic mass is 9.90. The predicted molar refractivity (Wildman–Crippen MR) is 114 cm³/mol. The molecule has 1 aliphatic heterocycles. The summed E-state index contributed by atoms with van der Waals surface area (Å²) in [6.07, 6.45) is 2.73. The van der Waals surface area contributed by atoms with Gasteiger partial charge < -0.3 is 19.5 Å². The first kappa shape index (κ1) is 19.4. The molecule has 158 valence electrons. The Balaban J connectivity index is 1.37. The molecule has 0 spiro atoms. The smallest absolute Gasteiger partial charge is 0.339 e. The lowest BCUT2D eigenvalue weighted by molar-refractivity contribution is -0.123. The Labute approximate surface area is 179 Å². The number of para-hydroxylation sites is 1. The van der Waals surface area contributed by atoms with Gasteiger partial charge in [0.15, 0.2) is 17.6 Å². The van der Waals surface area contributed by atoms with Crippen molar-refractivity contribution in [3.8, 4) is 11.5 Å². The SMILES string of the molecule is C[C@@H](OC(=O)c1c2c(nc3ccccc13)CCCC2)C(=O)Nc1ccc2c(c1)OCO2. The molecule has 5 rings (SSSR count). The number of esters is 1. The van der Waals surface area contributed by atoms with Gasteiger partial charge in [0.2, 0.25) is 6.79 Å². The van der Waals surface area contributed by atoms with Gasteiger partial charge in [-0.05, 0) is 56.4 Å². The Morgan fingerprint density at radius 2 is 1.87 bits per heavy atom. The molecule has 1 amide bonds. The van der Waals surface area contributed by atoms with Crippen LogP contribution in [0.2, 0.25) is 0 Å². The van der Waals surface area contributed by atoms with Crippen LogP contribution in [0.3, 0.4) is 0 Å². The third-order valence-electron chi connectivity index (χ3n) is 5.67. The number of pyridine rings is 1. The van der Waals surface area contributed by atoms with E-state index in [2.05, 4.69) is 5.32 Å². The molecule has 7 nitrogen and oxygen atoms in total. The van der Waals surface area contributed by atoms with Crippen LogP contribution in [-0.2, 0) is 22.4 Å². The van der Waals surface area contributed by atoms with Crippen LogP contribution in [0.5, 0.6) is 11.5 Å². The van der Waals surface area contributed by atoms with Crippen molar-refractivity contribution in [3.05, 3.63) is 59.3 Å². The number of aromatic nitrogens is 1. The number of rotatable bonds is 4. The number of hydrogen-bond acceptors (Lipinski definition) is 6. The predicted octanol–water partition coefficient (Wildman–Crippen LogP) is 4.03. The van der Waals surface area contributed by atoms with Crippen molar-refractivity contribution < 1.29 is 23.8 Å². The molecule has 1 N–H and O–H groups in total. The highest BCUT2D eigenvalue weighted by molar-refractivity contribution is 6.06. The quantitative estimate of drug-likeness (QED) is 0.644. The van der Waals surface area contributed by atoms with Gasteiger partial charge in [0, 0.05) is 22.8 Å². The van der Waals surface area contributed by atoms with E-state index in [-0.39, 0.29) is 6.79 Å². The van der Waals surface area contributed by atoms with Crippen molar-refractivity contribution in [3.63, 3.8) is 0 Å². The summed E-state index contributed by atoms with van der Waals surface area (Å²) >= 11 is 0. The maximum Gasteiger partial charge on any atom is 0.339 e. The molecule has 1 aliphatic carbocycles. The van der Waals surface area contributed by atoms with Gasteiger partial charge in [-0.2, -0.15) is 0 Å². The molecule has 2 heterocycles. The van der Waals surface area contributed by atoms with Crippen LogP contribution in [0.4, 0.5) is 5.69 Å². The largest absolute Gasteiger partial charge is 0.454 e. The normalized spacial score (nSPS) is 15.3. The number of aryl methyl sites for hydroxylation is 1. The second-order valence-corrected chi connectivity index (χ2v) is 7.74. The average Bonchev–Trinajstić information content (AvgIpc) is 3.25. The van der Waals surface area contributed by atoms with Crippen LogP contribution >= 0.6 is 0 Å². The van der Waals surface area contributed by atoms with E-state index in [4.69, 9.17) is 19.2 Å². The van der Waals surface area contributed by atoms with Crippen LogP contribution in [0.25, 0.3) is 10.9 Å². The van der Waals surface area contributed by atoms with E-state index in [9.17, 15) is 9.59 Å². The minimum atomic E-state index is -0.968. The monoisotopic (exact) mass is 418 g/mol. The zero-order chi connectivity index (χ0) is 21.4. The van der Waals surface area contributed by atoms with Crippen molar-refractivity contribution in [1.82, 2.24) is 4.98 Å². The van der Waals surface area contributed by atoms with E-state index in [0.29, 0.717) is 22.7 Å². The molecule has 0 bridgehead atoms. The van der Waals surface area contributed by atoms with Gasteiger partial charge in [0.25, 0.3) is 5.91 Å². The number of nitrogens with one attached hydrogen (secondary N) is 1. The maximum absolute atomic E-state index is 13.2. The summed E-state index contributed by atoms with van der Waals surface area (Å²) in [6.45, 7) is 1.72. The Bertz CT molecular complexity index is 1190. The Kier molecular flexibility index (Phi) is 4.94. The van der Waals surface area contributed by atoms with Crippen molar-refractivity contribution in [2.24, 2.45) is 0 Å². The summed E-state index contributed by atoms with van der Waals surface area (Å²) in [4.78, 5) is 30.6. The van der Waals surface area contributed by atoms with E-state index in [0.717, 1.165) is 47.8 Å². The average molecular weight is 418 g/mol. The molecule has 0 saturated heterocycles. The number of carbonyl (C=O) groups excluding carboxylic acids is 2. The number of amides is 1. The molecule has 0 radical (unpaired) electrons. The van der Waals surface area contributed by atoms with E-state index in [1.807, 2.05) is 24.3 Å². The molecule has 1 aromatic heterocycles. The van der Waals surface area contributed by atoms with Crippen LogP contribution in [0, 0.1) is 0 Å². The molecule has 31 heavy (non-hydrogen) atoms. The minimum Gasteiger partial charge on any atom is -0.454 e. The zero-order valence-corrected chi connectivity index (χ0v) is 17.1. The number of nitrogens with zero attached hydrogens (tertiary/aromatic N) is 1. The number of fused-ring (bicyclic) bond motifs is 3. The molecular weight excluding hydrogens is 396 g/mol. The first-order chi connectivity index (χ1) is 15.1. The number of ether oxygens (including phenoxy) is 3. The highest BCUT2D eigenvalue weighted by atomic mass is 16.7. The third-order valence-corrected chi connectivity index (χ3v) is 5.67. The van der Waals surface area contributed by atoms with Crippen molar-refractivity contribution in [1.29, 1.82) is 0 Å². The summed E-state index contributed by atoms with van der Waals surface area (Å²) in [7, 11) is 0. The third kappa shape index (κ3) is 3.67. The molecule has 2 aromatic carbocycles. The fraction of sp³-hybridized carbons (Fsp3) is 0.292. The van der Waals surface area contributed by atoms with Gasteiger partial charge in [0.05, 0.1) is 11.1 Å². The van der Waals surface area contributed by atoms with Crippen LogP contribution < -0.4 is 14.8 Å². The fourth-order valence-electron chi connectivity index (χ4n) is 4.10. The first-order valence-corrected chi connectivity index (χ1v) is 10.4.